The Bertz CT molecular complexity index is 347. The van der Waals surface area contributed by atoms with Crippen molar-refractivity contribution in [1.82, 2.24) is 0 Å². The first-order chi connectivity index (χ1) is 6.18. The lowest BCUT2D eigenvalue weighted by Crippen LogP contribution is -2.30. The summed E-state index contributed by atoms with van der Waals surface area (Å²) in [7, 11) is 0. The van der Waals surface area contributed by atoms with Gasteiger partial charge >= 0.3 is 5.97 Å². The van der Waals surface area contributed by atoms with Gasteiger partial charge in [-0.1, -0.05) is 0 Å². The highest BCUT2D eigenvalue weighted by atomic mass is 32.1. The summed E-state index contributed by atoms with van der Waals surface area (Å²) in [5.74, 6) is -0.892. The van der Waals surface area contributed by atoms with Gasteiger partial charge in [0.15, 0.2) is 5.06 Å². The minimum Gasteiger partial charge on any atom is -0.478 e. The van der Waals surface area contributed by atoms with Crippen molar-refractivity contribution in [2.45, 2.75) is 19.1 Å². The van der Waals surface area contributed by atoms with Crippen molar-refractivity contribution in [1.29, 1.82) is 0 Å². The van der Waals surface area contributed by atoms with Crippen LogP contribution in [0.1, 0.15) is 22.3 Å². The maximum Gasteiger partial charge on any atom is 0.336 e. The number of carboxylic acid groups (broad SMARTS) is 1. The van der Waals surface area contributed by atoms with E-state index in [0.29, 0.717) is 23.5 Å². The first-order valence-corrected chi connectivity index (χ1v) is 4.82. The van der Waals surface area contributed by atoms with Crippen LogP contribution >= 0.6 is 11.3 Å². The molecular weight excluding hydrogens is 190 g/mol. The van der Waals surface area contributed by atoms with Crippen molar-refractivity contribution >= 4 is 17.3 Å². The van der Waals surface area contributed by atoms with Gasteiger partial charge in [0.05, 0.1) is 5.56 Å². The second kappa shape index (κ2) is 3.01. The molecule has 1 aliphatic rings. The predicted molar refractivity (Wildman–Crippen MR) is 48.2 cm³/mol. The van der Waals surface area contributed by atoms with Crippen LogP contribution in [0.5, 0.6) is 5.06 Å². The van der Waals surface area contributed by atoms with Crippen LogP contribution in [-0.4, -0.2) is 17.3 Å². The lowest BCUT2D eigenvalue weighted by molar-refractivity contribution is 0.0694. The summed E-state index contributed by atoms with van der Waals surface area (Å²) in [5.41, 5.74) is 6.72. The van der Waals surface area contributed by atoms with Crippen LogP contribution in [0.4, 0.5) is 0 Å². The van der Waals surface area contributed by atoms with Gasteiger partial charge in [0.2, 0.25) is 0 Å². The van der Waals surface area contributed by atoms with E-state index in [4.69, 9.17) is 15.6 Å². The highest BCUT2D eigenvalue weighted by Crippen LogP contribution is 2.35. The lowest BCUT2D eigenvalue weighted by atomic mass is 10.1. The molecule has 1 aromatic rings. The Labute approximate surface area is 78.9 Å². The predicted octanol–water partition coefficient (Wildman–Crippen LogP) is 1.06. The molecule has 0 radical (unpaired) electrons. The van der Waals surface area contributed by atoms with Gasteiger partial charge in [-0.3, -0.25) is 5.73 Å². The molecule has 0 spiro atoms. The van der Waals surface area contributed by atoms with E-state index in [0.717, 1.165) is 5.56 Å². The number of carboxylic acids is 1. The summed E-state index contributed by atoms with van der Waals surface area (Å²) in [6.45, 7) is 0. The minimum absolute atomic E-state index is 0.284. The molecule has 0 saturated carbocycles. The van der Waals surface area contributed by atoms with Crippen LogP contribution in [0.2, 0.25) is 0 Å². The highest BCUT2D eigenvalue weighted by molar-refractivity contribution is 7.12. The average molecular weight is 199 g/mol. The molecule has 0 fully saturated rings. The van der Waals surface area contributed by atoms with E-state index in [1.165, 1.54) is 11.3 Å². The van der Waals surface area contributed by atoms with Crippen molar-refractivity contribution in [2.75, 3.05) is 0 Å². The average Bonchev–Trinajstić information content (AvgIpc) is 2.46. The fourth-order valence-corrected chi connectivity index (χ4v) is 2.36. The van der Waals surface area contributed by atoms with Crippen LogP contribution in [-0.2, 0) is 6.42 Å². The fraction of sp³-hybridized carbons (Fsp3) is 0.375. The number of ether oxygens (including phenoxy) is 1. The van der Waals surface area contributed by atoms with Crippen LogP contribution in [0.15, 0.2) is 5.38 Å². The Kier molecular flexibility index (Phi) is 1.97. The summed E-state index contributed by atoms with van der Waals surface area (Å²) < 4.78 is 5.30. The summed E-state index contributed by atoms with van der Waals surface area (Å²) in [6.07, 6.45) is 1.10. The van der Waals surface area contributed by atoms with Gasteiger partial charge in [0.1, 0.15) is 6.23 Å². The molecule has 0 aliphatic carbocycles. The number of hydrogen-bond donors (Lipinski definition) is 2. The topological polar surface area (TPSA) is 72.6 Å². The molecule has 1 atom stereocenters. The molecular formula is C8H9NO3S. The molecule has 1 aliphatic heterocycles. The summed E-state index contributed by atoms with van der Waals surface area (Å²) in [4.78, 5) is 10.7. The van der Waals surface area contributed by atoms with Crippen LogP contribution < -0.4 is 10.5 Å². The van der Waals surface area contributed by atoms with Gasteiger partial charge in [-0.05, 0) is 6.42 Å². The maximum atomic E-state index is 10.7. The lowest BCUT2D eigenvalue weighted by Gasteiger charge is -2.19. The first-order valence-electron chi connectivity index (χ1n) is 3.94. The fourth-order valence-electron chi connectivity index (χ4n) is 1.36. The van der Waals surface area contributed by atoms with Gasteiger partial charge < -0.3 is 9.84 Å². The zero-order valence-corrected chi connectivity index (χ0v) is 7.63. The SMILES string of the molecule is NC1CCc2c(C(=O)O)csc2O1. The van der Waals surface area contributed by atoms with Gasteiger partial charge in [0, 0.05) is 17.4 Å². The van der Waals surface area contributed by atoms with Crippen LogP contribution in [0.3, 0.4) is 0 Å². The van der Waals surface area contributed by atoms with E-state index in [-0.39, 0.29) is 6.23 Å². The van der Waals surface area contributed by atoms with Crippen molar-refractivity contribution in [3.8, 4) is 5.06 Å². The molecule has 2 heterocycles. The number of carbonyl (C=O) groups is 1. The Balaban J connectivity index is 2.39. The van der Waals surface area contributed by atoms with E-state index in [9.17, 15) is 4.79 Å². The number of fused-ring (bicyclic) bond motifs is 1. The van der Waals surface area contributed by atoms with Gasteiger partial charge in [-0.15, -0.1) is 11.3 Å². The zero-order valence-electron chi connectivity index (χ0n) is 6.82. The molecule has 5 heteroatoms. The number of thiophene rings is 1. The molecule has 13 heavy (non-hydrogen) atoms. The molecule has 2 rings (SSSR count). The number of hydrogen-bond acceptors (Lipinski definition) is 4. The summed E-state index contributed by atoms with van der Waals surface area (Å²) >= 11 is 1.30. The summed E-state index contributed by atoms with van der Waals surface area (Å²) in [6, 6.07) is 0. The number of aromatic carboxylic acids is 1. The molecule has 0 aromatic carbocycles. The standard InChI is InChI=1S/C8H9NO3S/c9-6-2-1-4-5(7(10)11)3-13-8(4)12-6/h3,6H,1-2,9H2,(H,10,11). The zero-order chi connectivity index (χ0) is 9.42. The summed E-state index contributed by atoms with van der Waals surface area (Å²) in [5, 5.41) is 11.1. The van der Waals surface area contributed by atoms with Gasteiger partial charge in [-0.25, -0.2) is 4.79 Å². The van der Waals surface area contributed by atoms with Crippen LogP contribution in [0.25, 0.3) is 0 Å². The number of nitrogens with two attached hydrogens (primary N) is 1. The second-order valence-corrected chi connectivity index (χ2v) is 3.76. The number of rotatable bonds is 1. The third kappa shape index (κ3) is 1.40. The minimum atomic E-state index is -0.892. The van der Waals surface area contributed by atoms with Gasteiger partial charge in [-0.2, -0.15) is 0 Å². The van der Waals surface area contributed by atoms with E-state index in [1.807, 2.05) is 0 Å². The van der Waals surface area contributed by atoms with Crippen LogP contribution in [0, 0.1) is 0 Å². The third-order valence-electron chi connectivity index (χ3n) is 2.02. The quantitative estimate of drug-likeness (QED) is 0.709. The van der Waals surface area contributed by atoms with Crippen molar-refractivity contribution in [3.63, 3.8) is 0 Å². The maximum absolute atomic E-state index is 10.7. The Morgan fingerprint density at radius 3 is 3.23 bits per heavy atom. The second-order valence-electron chi connectivity index (χ2n) is 2.92. The Morgan fingerprint density at radius 2 is 2.54 bits per heavy atom. The van der Waals surface area contributed by atoms with E-state index in [2.05, 4.69) is 0 Å². The molecule has 4 nitrogen and oxygen atoms in total. The molecule has 1 aromatic heterocycles. The molecule has 70 valence electrons. The normalized spacial score (nSPS) is 20.5. The Hall–Kier alpha value is -1.07. The van der Waals surface area contributed by atoms with Crippen molar-refractivity contribution < 1.29 is 14.6 Å². The third-order valence-corrected chi connectivity index (χ3v) is 2.93. The largest absolute Gasteiger partial charge is 0.478 e. The monoisotopic (exact) mass is 199 g/mol. The van der Waals surface area contributed by atoms with Gasteiger partial charge in [0.25, 0.3) is 0 Å². The molecule has 0 amide bonds. The smallest absolute Gasteiger partial charge is 0.336 e. The van der Waals surface area contributed by atoms with Crippen molar-refractivity contribution in [3.05, 3.63) is 16.5 Å². The molecule has 0 bridgehead atoms. The first kappa shape index (κ1) is 8.52. The molecule has 0 saturated heterocycles. The molecule has 1 unspecified atom stereocenters. The van der Waals surface area contributed by atoms with E-state index in [1.54, 1.807) is 5.38 Å². The van der Waals surface area contributed by atoms with E-state index < -0.39 is 5.97 Å². The van der Waals surface area contributed by atoms with Crippen molar-refractivity contribution in [2.24, 2.45) is 5.73 Å². The highest BCUT2D eigenvalue weighted by Gasteiger charge is 2.24. The Morgan fingerprint density at radius 1 is 1.77 bits per heavy atom. The van der Waals surface area contributed by atoms with E-state index >= 15 is 0 Å². The molecule has 3 N–H and O–H groups in total.